The molecule has 25 heavy (non-hydrogen) atoms. The summed E-state index contributed by atoms with van der Waals surface area (Å²) in [6, 6.07) is 11.3. The normalized spacial score (nSPS) is 18.2. The minimum atomic E-state index is -0.158. The lowest BCUT2D eigenvalue weighted by Gasteiger charge is -2.27. The molecule has 0 aliphatic carbocycles. The van der Waals surface area contributed by atoms with Gasteiger partial charge in [0, 0.05) is 17.3 Å². The van der Waals surface area contributed by atoms with Crippen molar-refractivity contribution in [2.75, 3.05) is 18.7 Å². The van der Waals surface area contributed by atoms with Crippen LogP contribution in [0.3, 0.4) is 0 Å². The predicted molar refractivity (Wildman–Crippen MR) is 93.3 cm³/mol. The molecule has 0 saturated heterocycles. The van der Waals surface area contributed by atoms with Gasteiger partial charge in [-0.3, -0.25) is 0 Å². The topological polar surface area (TPSA) is 60.0 Å². The number of ether oxygens (including phenoxy) is 3. The number of carbonyl (C=O) groups is 1. The highest BCUT2D eigenvalue weighted by molar-refractivity contribution is 5.91. The van der Waals surface area contributed by atoms with E-state index in [4.69, 9.17) is 14.2 Å². The van der Waals surface area contributed by atoms with Crippen LogP contribution in [0.4, 0.5) is 10.5 Å². The van der Waals surface area contributed by atoms with E-state index in [1.54, 1.807) is 4.90 Å². The summed E-state index contributed by atoms with van der Waals surface area (Å²) in [5, 5.41) is 2.99. The number of aryl methyl sites for hydroxylation is 1. The zero-order chi connectivity index (χ0) is 17.4. The molecule has 0 spiro atoms. The highest BCUT2D eigenvalue weighted by Crippen LogP contribution is 2.37. The van der Waals surface area contributed by atoms with Gasteiger partial charge < -0.3 is 24.4 Å². The summed E-state index contributed by atoms with van der Waals surface area (Å²) in [5.74, 6) is 2.20. The fourth-order valence-electron chi connectivity index (χ4n) is 3.05. The van der Waals surface area contributed by atoms with Gasteiger partial charge in [-0.05, 0) is 31.5 Å². The van der Waals surface area contributed by atoms with E-state index in [-0.39, 0.29) is 18.9 Å². The van der Waals surface area contributed by atoms with Crippen LogP contribution in [0.1, 0.15) is 18.1 Å². The number of anilines is 1. The highest BCUT2D eigenvalue weighted by atomic mass is 16.7. The molecule has 130 valence electrons. The molecule has 2 aromatic rings. The number of nitrogens with one attached hydrogen (secondary N) is 1. The van der Waals surface area contributed by atoms with Gasteiger partial charge in [0.2, 0.25) is 6.79 Å². The molecule has 2 aromatic carbocycles. The molecular formula is C19H20N2O4. The van der Waals surface area contributed by atoms with Crippen LogP contribution >= 0.6 is 0 Å². The average molecular weight is 340 g/mol. The summed E-state index contributed by atoms with van der Waals surface area (Å²) in [5.41, 5.74) is 2.65. The van der Waals surface area contributed by atoms with Crippen molar-refractivity contribution < 1.29 is 19.0 Å². The van der Waals surface area contributed by atoms with Crippen LogP contribution in [0.25, 0.3) is 0 Å². The molecule has 0 bridgehead atoms. The summed E-state index contributed by atoms with van der Waals surface area (Å²) in [6.07, 6.45) is 0. The van der Waals surface area contributed by atoms with Crippen molar-refractivity contribution in [2.24, 2.45) is 0 Å². The maximum atomic E-state index is 12.9. The van der Waals surface area contributed by atoms with Crippen LogP contribution in [0.15, 0.2) is 36.4 Å². The van der Waals surface area contributed by atoms with Gasteiger partial charge in [-0.25, -0.2) is 4.79 Å². The molecule has 2 amide bonds. The largest absolute Gasteiger partial charge is 0.491 e. The standard InChI is InChI=1S/C19H20N2O4/c1-12-7-17-18(25-11-24-17)8-15(12)20-19(22)21-9-14-5-3-4-6-16(14)23-10-13(21)2/h3-8,13H,9-11H2,1-2H3,(H,20,22)/t13-/m0/s1. The molecule has 1 atom stereocenters. The van der Waals surface area contributed by atoms with E-state index in [0.29, 0.717) is 24.7 Å². The number of benzene rings is 2. The molecule has 1 N–H and O–H groups in total. The molecule has 0 fully saturated rings. The second-order valence-corrected chi connectivity index (χ2v) is 6.35. The molecule has 0 saturated carbocycles. The van der Waals surface area contributed by atoms with Gasteiger partial charge in [0.25, 0.3) is 0 Å². The maximum absolute atomic E-state index is 12.9. The molecule has 0 unspecified atom stereocenters. The summed E-state index contributed by atoms with van der Waals surface area (Å²) in [4.78, 5) is 14.7. The Morgan fingerprint density at radius 3 is 2.72 bits per heavy atom. The molecule has 6 nitrogen and oxygen atoms in total. The van der Waals surface area contributed by atoms with E-state index in [0.717, 1.165) is 22.6 Å². The Hall–Kier alpha value is -2.89. The van der Waals surface area contributed by atoms with Crippen LogP contribution in [0.2, 0.25) is 0 Å². The lowest BCUT2D eigenvalue weighted by Crippen LogP contribution is -2.42. The van der Waals surface area contributed by atoms with Crippen molar-refractivity contribution in [2.45, 2.75) is 26.4 Å². The van der Waals surface area contributed by atoms with Crippen LogP contribution in [-0.4, -0.2) is 30.4 Å². The average Bonchev–Trinajstić information content (AvgIpc) is 2.97. The Labute approximate surface area is 146 Å². The quantitative estimate of drug-likeness (QED) is 0.863. The summed E-state index contributed by atoms with van der Waals surface area (Å²) >= 11 is 0. The molecule has 6 heteroatoms. The zero-order valence-corrected chi connectivity index (χ0v) is 14.2. The Morgan fingerprint density at radius 1 is 1.12 bits per heavy atom. The van der Waals surface area contributed by atoms with E-state index >= 15 is 0 Å². The Bertz CT molecular complexity index is 821. The molecular weight excluding hydrogens is 320 g/mol. The number of hydrogen-bond donors (Lipinski definition) is 1. The van der Waals surface area contributed by atoms with E-state index in [9.17, 15) is 4.79 Å². The van der Waals surface area contributed by atoms with E-state index < -0.39 is 0 Å². The number of rotatable bonds is 1. The first kappa shape index (κ1) is 15.6. The first-order chi connectivity index (χ1) is 12.1. The van der Waals surface area contributed by atoms with Crippen molar-refractivity contribution in [3.05, 3.63) is 47.5 Å². The Morgan fingerprint density at radius 2 is 1.88 bits per heavy atom. The summed E-state index contributed by atoms with van der Waals surface area (Å²) in [6.45, 7) is 5.10. The van der Waals surface area contributed by atoms with Gasteiger partial charge in [0.05, 0.1) is 12.6 Å². The fraction of sp³-hybridized carbons (Fsp3) is 0.316. The molecule has 2 aliphatic heterocycles. The Kier molecular flexibility index (Phi) is 3.87. The highest BCUT2D eigenvalue weighted by Gasteiger charge is 2.26. The maximum Gasteiger partial charge on any atom is 0.322 e. The zero-order valence-electron chi connectivity index (χ0n) is 14.2. The van der Waals surface area contributed by atoms with E-state index in [2.05, 4.69) is 5.32 Å². The summed E-state index contributed by atoms with van der Waals surface area (Å²) < 4.78 is 16.6. The molecule has 2 heterocycles. The summed E-state index contributed by atoms with van der Waals surface area (Å²) in [7, 11) is 0. The van der Waals surface area contributed by atoms with Crippen LogP contribution in [0.5, 0.6) is 17.2 Å². The van der Waals surface area contributed by atoms with Gasteiger partial charge in [-0.2, -0.15) is 0 Å². The lowest BCUT2D eigenvalue weighted by molar-refractivity contribution is 0.168. The van der Waals surface area contributed by atoms with Crippen molar-refractivity contribution in [1.29, 1.82) is 0 Å². The minimum Gasteiger partial charge on any atom is -0.491 e. The van der Waals surface area contributed by atoms with E-state index in [1.807, 2.05) is 50.2 Å². The van der Waals surface area contributed by atoms with Crippen molar-refractivity contribution in [3.8, 4) is 17.2 Å². The van der Waals surface area contributed by atoms with Crippen LogP contribution in [0, 0.1) is 6.92 Å². The third kappa shape index (κ3) is 2.95. The van der Waals surface area contributed by atoms with Crippen molar-refractivity contribution >= 4 is 11.7 Å². The monoisotopic (exact) mass is 340 g/mol. The number of hydrogen-bond acceptors (Lipinski definition) is 4. The van der Waals surface area contributed by atoms with Gasteiger partial charge in [0.1, 0.15) is 12.4 Å². The smallest absolute Gasteiger partial charge is 0.322 e. The number of para-hydroxylation sites is 1. The van der Waals surface area contributed by atoms with E-state index in [1.165, 1.54) is 0 Å². The predicted octanol–water partition coefficient (Wildman–Crippen LogP) is 3.54. The molecule has 0 aromatic heterocycles. The van der Waals surface area contributed by atoms with Gasteiger partial charge >= 0.3 is 6.03 Å². The third-order valence-corrected chi connectivity index (χ3v) is 4.55. The van der Waals surface area contributed by atoms with Crippen molar-refractivity contribution in [3.63, 3.8) is 0 Å². The van der Waals surface area contributed by atoms with Crippen LogP contribution < -0.4 is 19.5 Å². The Balaban J connectivity index is 1.56. The second-order valence-electron chi connectivity index (χ2n) is 6.35. The number of amides is 2. The third-order valence-electron chi connectivity index (χ3n) is 4.55. The second kappa shape index (κ2) is 6.20. The number of fused-ring (bicyclic) bond motifs is 2. The molecule has 0 radical (unpaired) electrons. The fourth-order valence-corrected chi connectivity index (χ4v) is 3.05. The first-order valence-electron chi connectivity index (χ1n) is 8.30. The molecule has 4 rings (SSSR count). The van der Waals surface area contributed by atoms with Gasteiger partial charge in [0.15, 0.2) is 11.5 Å². The number of carbonyl (C=O) groups excluding carboxylic acids is 1. The van der Waals surface area contributed by atoms with Gasteiger partial charge in [-0.1, -0.05) is 18.2 Å². The van der Waals surface area contributed by atoms with Gasteiger partial charge in [-0.15, -0.1) is 0 Å². The van der Waals surface area contributed by atoms with Crippen LogP contribution in [-0.2, 0) is 6.54 Å². The lowest BCUT2D eigenvalue weighted by atomic mass is 10.1. The van der Waals surface area contributed by atoms with Crippen molar-refractivity contribution in [1.82, 2.24) is 4.90 Å². The SMILES string of the molecule is Cc1cc2c(cc1NC(=O)N1Cc3ccccc3OC[C@@H]1C)OCO2. The number of nitrogens with zero attached hydrogens (tertiary/aromatic N) is 1. The number of urea groups is 1. The molecule has 2 aliphatic rings. The first-order valence-corrected chi connectivity index (χ1v) is 8.30. The minimum absolute atomic E-state index is 0.0401.